The summed E-state index contributed by atoms with van der Waals surface area (Å²) in [4.78, 5) is 11.8. The molecule has 3 rings (SSSR count). The van der Waals surface area contributed by atoms with Gasteiger partial charge in [-0.2, -0.15) is 5.10 Å². The van der Waals surface area contributed by atoms with E-state index in [1.165, 1.54) is 0 Å². The Morgan fingerprint density at radius 3 is 2.92 bits per heavy atom. The number of aryl methyl sites for hydroxylation is 1. The number of anilines is 1. The second kappa shape index (κ2) is 7.23. The van der Waals surface area contributed by atoms with E-state index in [9.17, 15) is 4.79 Å². The second-order valence-corrected chi connectivity index (χ2v) is 5.66. The Kier molecular flexibility index (Phi) is 4.86. The van der Waals surface area contributed by atoms with Crippen molar-refractivity contribution in [3.63, 3.8) is 0 Å². The molecule has 24 heavy (non-hydrogen) atoms. The number of nitrogens with zero attached hydrogens (tertiary/aromatic N) is 1. The van der Waals surface area contributed by atoms with Crippen LogP contribution in [0.5, 0.6) is 11.5 Å². The molecule has 7 heteroatoms. The summed E-state index contributed by atoms with van der Waals surface area (Å²) >= 11 is 5.90. The molecule has 0 aromatic heterocycles. The fourth-order valence-corrected chi connectivity index (χ4v) is 2.44. The molecule has 0 spiro atoms. The lowest BCUT2D eigenvalue weighted by Gasteiger charge is -2.08. The van der Waals surface area contributed by atoms with Gasteiger partial charge in [0.05, 0.1) is 12.8 Å². The maximum Gasteiger partial charge on any atom is 0.259 e. The molecule has 0 bridgehead atoms. The number of amides is 1. The van der Waals surface area contributed by atoms with Crippen molar-refractivity contribution < 1.29 is 14.3 Å². The average molecular weight is 346 g/mol. The number of nitrogens with one attached hydrogen (secondary N) is 2. The lowest BCUT2D eigenvalue weighted by Crippen LogP contribution is -2.26. The minimum Gasteiger partial charge on any atom is -0.454 e. The van der Waals surface area contributed by atoms with E-state index >= 15 is 0 Å². The van der Waals surface area contributed by atoms with Gasteiger partial charge in [-0.15, -0.1) is 0 Å². The zero-order valence-corrected chi connectivity index (χ0v) is 13.8. The molecule has 2 aromatic carbocycles. The first kappa shape index (κ1) is 16.1. The zero-order valence-electron chi connectivity index (χ0n) is 13.0. The van der Waals surface area contributed by atoms with Crippen LogP contribution in [0.2, 0.25) is 5.02 Å². The van der Waals surface area contributed by atoms with Gasteiger partial charge in [-0.05, 0) is 54.4 Å². The number of hydrogen-bond acceptors (Lipinski definition) is 5. The number of hydrazone groups is 1. The molecule has 0 aliphatic carbocycles. The molecule has 2 aromatic rings. The SMILES string of the molecule is Cc1cc(Cl)ccc1NCC(=O)N/N=C\c1ccc2c(c1)OCO2. The van der Waals surface area contributed by atoms with E-state index in [1.54, 1.807) is 24.4 Å². The lowest BCUT2D eigenvalue weighted by atomic mass is 10.2. The fourth-order valence-electron chi connectivity index (χ4n) is 2.21. The van der Waals surface area contributed by atoms with E-state index in [0.29, 0.717) is 16.5 Å². The Balaban J connectivity index is 1.50. The Morgan fingerprint density at radius 2 is 2.08 bits per heavy atom. The monoisotopic (exact) mass is 345 g/mol. The van der Waals surface area contributed by atoms with E-state index < -0.39 is 0 Å². The summed E-state index contributed by atoms with van der Waals surface area (Å²) in [5, 5.41) is 7.64. The summed E-state index contributed by atoms with van der Waals surface area (Å²) in [6.45, 7) is 2.26. The van der Waals surface area contributed by atoms with Crippen LogP contribution in [0, 0.1) is 6.92 Å². The quantitative estimate of drug-likeness (QED) is 0.645. The van der Waals surface area contributed by atoms with E-state index in [1.807, 2.05) is 25.1 Å². The number of benzene rings is 2. The van der Waals surface area contributed by atoms with Gasteiger partial charge in [0.25, 0.3) is 5.91 Å². The van der Waals surface area contributed by atoms with Crippen molar-refractivity contribution in [1.82, 2.24) is 5.43 Å². The molecule has 2 N–H and O–H groups in total. The first-order valence-corrected chi connectivity index (χ1v) is 7.71. The van der Waals surface area contributed by atoms with Gasteiger partial charge < -0.3 is 14.8 Å². The van der Waals surface area contributed by atoms with Crippen molar-refractivity contribution in [2.45, 2.75) is 6.92 Å². The third-order valence-corrected chi connectivity index (χ3v) is 3.66. The van der Waals surface area contributed by atoms with Gasteiger partial charge in [-0.3, -0.25) is 4.79 Å². The molecule has 0 fully saturated rings. The molecule has 0 atom stereocenters. The molecule has 124 valence electrons. The Labute approximate surface area is 144 Å². The number of carbonyl (C=O) groups is 1. The van der Waals surface area contributed by atoms with E-state index in [-0.39, 0.29) is 19.2 Å². The van der Waals surface area contributed by atoms with Gasteiger partial charge in [-0.25, -0.2) is 5.43 Å². The lowest BCUT2D eigenvalue weighted by molar-refractivity contribution is -0.119. The summed E-state index contributed by atoms with van der Waals surface area (Å²) in [7, 11) is 0. The van der Waals surface area contributed by atoms with Crippen molar-refractivity contribution in [2.24, 2.45) is 5.10 Å². The number of carbonyl (C=O) groups excluding carboxylic acids is 1. The van der Waals surface area contributed by atoms with Crippen LogP contribution in [0.4, 0.5) is 5.69 Å². The molecule has 0 saturated heterocycles. The van der Waals surface area contributed by atoms with Crippen molar-refractivity contribution in [3.8, 4) is 11.5 Å². The molecule has 6 nitrogen and oxygen atoms in total. The highest BCUT2D eigenvalue weighted by Crippen LogP contribution is 2.31. The summed E-state index contributed by atoms with van der Waals surface area (Å²) in [6.07, 6.45) is 1.55. The van der Waals surface area contributed by atoms with Crippen LogP contribution < -0.4 is 20.2 Å². The van der Waals surface area contributed by atoms with Crippen LogP contribution in [-0.2, 0) is 4.79 Å². The fraction of sp³-hybridized carbons (Fsp3) is 0.176. The van der Waals surface area contributed by atoms with E-state index in [0.717, 1.165) is 16.8 Å². The Bertz CT molecular complexity index is 793. The van der Waals surface area contributed by atoms with Crippen LogP contribution in [0.3, 0.4) is 0 Å². The third kappa shape index (κ3) is 3.97. The van der Waals surface area contributed by atoms with Crippen LogP contribution >= 0.6 is 11.6 Å². The predicted molar refractivity (Wildman–Crippen MR) is 93.0 cm³/mol. The Hall–Kier alpha value is -2.73. The summed E-state index contributed by atoms with van der Waals surface area (Å²) < 4.78 is 10.5. The normalized spacial score (nSPS) is 12.4. The number of rotatable bonds is 5. The maximum absolute atomic E-state index is 11.8. The Morgan fingerprint density at radius 1 is 1.25 bits per heavy atom. The van der Waals surface area contributed by atoms with Gasteiger partial charge in [0.1, 0.15) is 0 Å². The first-order chi connectivity index (χ1) is 11.6. The largest absolute Gasteiger partial charge is 0.454 e. The maximum atomic E-state index is 11.8. The topological polar surface area (TPSA) is 72.0 Å². The molecular formula is C17H16ClN3O3. The molecule has 1 amide bonds. The molecule has 1 aliphatic rings. The van der Waals surface area contributed by atoms with E-state index in [2.05, 4.69) is 15.8 Å². The third-order valence-electron chi connectivity index (χ3n) is 3.43. The average Bonchev–Trinajstić information content (AvgIpc) is 3.02. The molecule has 1 aliphatic heterocycles. The van der Waals surface area contributed by atoms with Crippen LogP contribution in [0.15, 0.2) is 41.5 Å². The number of ether oxygens (including phenoxy) is 2. The highest BCUT2D eigenvalue weighted by atomic mass is 35.5. The van der Waals surface area contributed by atoms with Crippen molar-refractivity contribution in [1.29, 1.82) is 0 Å². The van der Waals surface area contributed by atoms with Crippen molar-refractivity contribution in [2.75, 3.05) is 18.7 Å². The molecular weight excluding hydrogens is 330 g/mol. The zero-order chi connectivity index (χ0) is 16.9. The first-order valence-electron chi connectivity index (χ1n) is 7.33. The smallest absolute Gasteiger partial charge is 0.259 e. The summed E-state index contributed by atoms with van der Waals surface area (Å²) in [5.41, 5.74) is 5.10. The molecule has 1 heterocycles. The van der Waals surface area contributed by atoms with Crippen LogP contribution in [0.25, 0.3) is 0 Å². The van der Waals surface area contributed by atoms with Crippen LogP contribution in [0.1, 0.15) is 11.1 Å². The molecule has 0 unspecified atom stereocenters. The number of hydrogen-bond donors (Lipinski definition) is 2. The molecule has 0 saturated carbocycles. The molecule has 0 radical (unpaired) electrons. The highest BCUT2D eigenvalue weighted by Gasteiger charge is 2.12. The van der Waals surface area contributed by atoms with Crippen molar-refractivity contribution in [3.05, 3.63) is 52.5 Å². The van der Waals surface area contributed by atoms with E-state index in [4.69, 9.17) is 21.1 Å². The number of halogens is 1. The standard InChI is InChI=1S/C17H16ClN3O3/c1-11-6-13(18)3-4-14(11)19-9-17(22)21-20-8-12-2-5-15-16(7-12)24-10-23-15/h2-8,19H,9-10H2,1H3,(H,21,22)/b20-8-. The van der Waals surface area contributed by atoms with Gasteiger partial charge in [0.15, 0.2) is 11.5 Å². The predicted octanol–water partition coefficient (Wildman–Crippen LogP) is 2.94. The summed E-state index contributed by atoms with van der Waals surface area (Å²) in [6, 6.07) is 10.9. The second-order valence-electron chi connectivity index (χ2n) is 5.22. The van der Waals surface area contributed by atoms with Crippen LogP contribution in [-0.4, -0.2) is 25.5 Å². The highest BCUT2D eigenvalue weighted by molar-refractivity contribution is 6.30. The van der Waals surface area contributed by atoms with Gasteiger partial charge >= 0.3 is 0 Å². The van der Waals surface area contributed by atoms with Gasteiger partial charge in [0, 0.05) is 10.7 Å². The minimum absolute atomic E-state index is 0.112. The van der Waals surface area contributed by atoms with Crippen molar-refractivity contribution >= 4 is 29.4 Å². The van der Waals surface area contributed by atoms with Gasteiger partial charge in [0.2, 0.25) is 6.79 Å². The number of fused-ring (bicyclic) bond motifs is 1. The van der Waals surface area contributed by atoms with Gasteiger partial charge in [-0.1, -0.05) is 11.6 Å². The minimum atomic E-state index is -0.249. The summed E-state index contributed by atoms with van der Waals surface area (Å²) in [5.74, 6) is 1.13.